The van der Waals surface area contributed by atoms with Gasteiger partial charge in [0.2, 0.25) is 0 Å². The Labute approximate surface area is 116 Å². The van der Waals surface area contributed by atoms with E-state index in [1.807, 2.05) is 13.8 Å². The van der Waals surface area contributed by atoms with Gasteiger partial charge in [-0.2, -0.15) is 0 Å². The van der Waals surface area contributed by atoms with Crippen LogP contribution in [0.15, 0.2) is 24.5 Å². The highest BCUT2D eigenvalue weighted by molar-refractivity contribution is 6.04. The molecule has 6 heteroatoms. The SMILES string of the molecule is CCN[C@H](C)CNC(=O)c1cc(F)cc2nccnc12. The summed E-state index contributed by atoms with van der Waals surface area (Å²) in [6.07, 6.45) is 2.95. The second kappa shape index (κ2) is 6.38. The Morgan fingerprint density at radius 3 is 2.85 bits per heavy atom. The summed E-state index contributed by atoms with van der Waals surface area (Å²) in [6.45, 7) is 5.25. The van der Waals surface area contributed by atoms with Crippen molar-refractivity contribution in [3.05, 3.63) is 35.9 Å². The summed E-state index contributed by atoms with van der Waals surface area (Å²) in [5.41, 5.74) is 0.983. The van der Waals surface area contributed by atoms with E-state index in [0.29, 0.717) is 17.6 Å². The van der Waals surface area contributed by atoms with E-state index < -0.39 is 5.82 Å². The molecule has 0 unspecified atom stereocenters. The molecule has 0 radical (unpaired) electrons. The molecule has 5 nitrogen and oxygen atoms in total. The van der Waals surface area contributed by atoms with Crippen LogP contribution in [0.3, 0.4) is 0 Å². The topological polar surface area (TPSA) is 66.9 Å². The fraction of sp³-hybridized carbons (Fsp3) is 0.357. The fourth-order valence-corrected chi connectivity index (χ4v) is 1.98. The fourth-order valence-electron chi connectivity index (χ4n) is 1.98. The van der Waals surface area contributed by atoms with Crippen molar-refractivity contribution in [2.75, 3.05) is 13.1 Å². The average molecular weight is 276 g/mol. The van der Waals surface area contributed by atoms with Crippen LogP contribution in [0, 0.1) is 5.82 Å². The summed E-state index contributed by atoms with van der Waals surface area (Å²) in [4.78, 5) is 20.3. The van der Waals surface area contributed by atoms with Crippen molar-refractivity contribution in [2.24, 2.45) is 0 Å². The molecule has 0 saturated carbocycles. The van der Waals surface area contributed by atoms with Crippen molar-refractivity contribution in [1.82, 2.24) is 20.6 Å². The highest BCUT2D eigenvalue weighted by Gasteiger charge is 2.14. The van der Waals surface area contributed by atoms with Crippen LogP contribution in [0.1, 0.15) is 24.2 Å². The summed E-state index contributed by atoms with van der Waals surface area (Å²) in [5.74, 6) is -0.845. The lowest BCUT2D eigenvalue weighted by Gasteiger charge is -2.13. The van der Waals surface area contributed by atoms with Gasteiger partial charge in [0, 0.05) is 31.0 Å². The summed E-state index contributed by atoms with van der Waals surface area (Å²) in [6, 6.07) is 2.60. The lowest BCUT2D eigenvalue weighted by Crippen LogP contribution is -2.38. The molecule has 0 fully saturated rings. The van der Waals surface area contributed by atoms with Crippen LogP contribution in [0.25, 0.3) is 11.0 Å². The van der Waals surface area contributed by atoms with Gasteiger partial charge in [-0.1, -0.05) is 6.92 Å². The third kappa shape index (κ3) is 3.27. The van der Waals surface area contributed by atoms with Gasteiger partial charge in [-0.3, -0.25) is 14.8 Å². The van der Waals surface area contributed by atoms with Crippen LogP contribution >= 0.6 is 0 Å². The predicted octanol–water partition coefficient (Wildman–Crippen LogP) is 1.50. The van der Waals surface area contributed by atoms with E-state index in [0.717, 1.165) is 6.54 Å². The Hall–Kier alpha value is -2.08. The van der Waals surface area contributed by atoms with Crippen molar-refractivity contribution in [2.45, 2.75) is 19.9 Å². The molecule has 2 aromatic rings. The first-order valence-electron chi connectivity index (χ1n) is 6.53. The van der Waals surface area contributed by atoms with Crippen LogP contribution in [-0.2, 0) is 0 Å². The van der Waals surface area contributed by atoms with Gasteiger partial charge in [0.25, 0.3) is 5.91 Å². The molecule has 0 spiro atoms. The number of carbonyl (C=O) groups is 1. The zero-order valence-corrected chi connectivity index (χ0v) is 11.5. The largest absolute Gasteiger partial charge is 0.350 e. The zero-order chi connectivity index (χ0) is 14.5. The minimum atomic E-state index is -0.497. The van der Waals surface area contributed by atoms with E-state index in [1.54, 1.807) is 0 Å². The van der Waals surface area contributed by atoms with E-state index in [4.69, 9.17) is 0 Å². The number of aromatic nitrogens is 2. The van der Waals surface area contributed by atoms with Gasteiger partial charge < -0.3 is 10.6 Å². The van der Waals surface area contributed by atoms with E-state index in [1.165, 1.54) is 24.5 Å². The summed E-state index contributed by atoms with van der Waals surface area (Å²) in [5, 5.41) is 5.95. The van der Waals surface area contributed by atoms with Crippen molar-refractivity contribution < 1.29 is 9.18 Å². The first-order chi connectivity index (χ1) is 9.61. The molecule has 0 bridgehead atoms. The maximum absolute atomic E-state index is 13.5. The summed E-state index contributed by atoms with van der Waals surface area (Å²) < 4.78 is 13.5. The first kappa shape index (κ1) is 14.3. The molecular weight excluding hydrogens is 259 g/mol. The third-order valence-corrected chi connectivity index (χ3v) is 2.90. The molecule has 0 saturated heterocycles. The van der Waals surface area contributed by atoms with E-state index >= 15 is 0 Å². The molecule has 1 aromatic carbocycles. The lowest BCUT2D eigenvalue weighted by atomic mass is 10.1. The Morgan fingerprint density at radius 1 is 1.35 bits per heavy atom. The van der Waals surface area contributed by atoms with Gasteiger partial charge in [0.1, 0.15) is 11.3 Å². The maximum atomic E-state index is 13.5. The molecule has 1 atom stereocenters. The predicted molar refractivity (Wildman–Crippen MR) is 75.0 cm³/mol. The third-order valence-electron chi connectivity index (χ3n) is 2.90. The van der Waals surface area contributed by atoms with Gasteiger partial charge in [0.05, 0.1) is 11.1 Å². The number of nitrogens with zero attached hydrogens (tertiary/aromatic N) is 2. The molecule has 1 aromatic heterocycles. The Kier molecular flexibility index (Phi) is 4.57. The van der Waals surface area contributed by atoms with Crippen molar-refractivity contribution in [3.63, 3.8) is 0 Å². The molecule has 2 N–H and O–H groups in total. The zero-order valence-electron chi connectivity index (χ0n) is 11.5. The van der Waals surface area contributed by atoms with Crippen LogP contribution in [0.4, 0.5) is 4.39 Å². The smallest absolute Gasteiger partial charge is 0.253 e. The number of nitrogens with one attached hydrogen (secondary N) is 2. The lowest BCUT2D eigenvalue weighted by molar-refractivity contribution is 0.0951. The molecule has 1 amide bonds. The standard InChI is InChI=1S/C14H17FN4O/c1-3-16-9(2)8-19-14(20)11-6-10(15)7-12-13(11)18-5-4-17-12/h4-7,9,16H,3,8H2,1-2H3,(H,19,20)/t9-/m1/s1. The van der Waals surface area contributed by atoms with Crippen LogP contribution in [0.2, 0.25) is 0 Å². The van der Waals surface area contributed by atoms with Crippen molar-refractivity contribution in [1.29, 1.82) is 0 Å². The molecular formula is C14H17FN4O. The molecule has 1 heterocycles. The van der Waals surface area contributed by atoms with Crippen molar-refractivity contribution in [3.8, 4) is 0 Å². The molecule has 2 rings (SSSR count). The summed E-state index contributed by atoms with van der Waals surface area (Å²) >= 11 is 0. The normalized spacial score (nSPS) is 12.3. The summed E-state index contributed by atoms with van der Waals surface area (Å²) in [7, 11) is 0. The van der Waals surface area contributed by atoms with Crippen LogP contribution in [-0.4, -0.2) is 35.0 Å². The number of halogens is 1. The minimum Gasteiger partial charge on any atom is -0.350 e. The molecule has 106 valence electrons. The molecule has 0 aliphatic carbocycles. The quantitative estimate of drug-likeness (QED) is 0.868. The van der Waals surface area contributed by atoms with Gasteiger partial charge in [-0.25, -0.2) is 4.39 Å². The number of amides is 1. The first-order valence-corrected chi connectivity index (χ1v) is 6.53. The monoisotopic (exact) mass is 276 g/mol. The van der Waals surface area contributed by atoms with Crippen LogP contribution in [0.5, 0.6) is 0 Å². The number of rotatable bonds is 5. The number of hydrogen-bond donors (Lipinski definition) is 2. The Balaban J connectivity index is 2.21. The number of carbonyl (C=O) groups excluding carboxylic acids is 1. The number of fused-ring (bicyclic) bond motifs is 1. The molecule has 0 aliphatic heterocycles. The van der Waals surface area contributed by atoms with E-state index in [9.17, 15) is 9.18 Å². The molecule has 0 aliphatic rings. The Morgan fingerprint density at radius 2 is 2.10 bits per heavy atom. The maximum Gasteiger partial charge on any atom is 0.253 e. The van der Waals surface area contributed by atoms with Gasteiger partial charge in [0.15, 0.2) is 0 Å². The van der Waals surface area contributed by atoms with Crippen LogP contribution < -0.4 is 10.6 Å². The minimum absolute atomic E-state index is 0.148. The van der Waals surface area contributed by atoms with Crippen molar-refractivity contribution >= 4 is 16.9 Å². The average Bonchev–Trinajstić information content (AvgIpc) is 2.44. The number of likely N-dealkylation sites (N-methyl/N-ethyl adjacent to an activating group) is 1. The van der Waals surface area contributed by atoms with Gasteiger partial charge in [-0.05, 0) is 19.5 Å². The van der Waals surface area contributed by atoms with Gasteiger partial charge in [-0.15, -0.1) is 0 Å². The highest BCUT2D eigenvalue weighted by atomic mass is 19.1. The molecule has 20 heavy (non-hydrogen) atoms. The highest BCUT2D eigenvalue weighted by Crippen LogP contribution is 2.16. The second-order valence-corrected chi connectivity index (χ2v) is 4.55. The number of hydrogen-bond acceptors (Lipinski definition) is 4. The van der Waals surface area contributed by atoms with Gasteiger partial charge >= 0.3 is 0 Å². The van der Waals surface area contributed by atoms with E-state index in [2.05, 4.69) is 20.6 Å². The number of benzene rings is 1. The Bertz CT molecular complexity index is 617. The van der Waals surface area contributed by atoms with E-state index in [-0.39, 0.29) is 17.5 Å². The second-order valence-electron chi connectivity index (χ2n) is 4.55.